The van der Waals surface area contributed by atoms with Gasteiger partial charge >= 0.3 is 0 Å². The van der Waals surface area contributed by atoms with Crippen LogP contribution >= 0.6 is 0 Å². The number of rotatable bonds is 72. The van der Waals surface area contributed by atoms with Gasteiger partial charge in [0.2, 0.25) is 59.1 Å². The van der Waals surface area contributed by atoms with Crippen molar-refractivity contribution in [2.45, 2.75) is 352 Å². The molecule has 0 aliphatic heterocycles. The molecule has 0 radical (unpaired) electrons. The Labute approximate surface area is 597 Å². The highest BCUT2D eigenvalue weighted by atomic mass is 16.2. The summed E-state index contributed by atoms with van der Waals surface area (Å²) in [5.41, 5.74) is 33.9. The van der Waals surface area contributed by atoms with Gasteiger partial charge in [0.1, 0.15) is 30.2 Å². The molecule has 0 aromatic heterocycles. The van der Waals surface area contributed by atoms with E-state index in [1.807, 2.05) is 0 Å². The lowest BCUT2D eigenvalue weighted by atomic mass is 10.1. The molecular formula is C74H145N15O10. The molecule has 0 aliphatic carbocycles. The Morgan fingerprint density at radius 3 is 0.616 bits per heavy atom. The van der Waals surface area contributed by atoms with Crippen LogP contribution in [0.4, 0.5) is 0 Å². The number of carbonyl (C=O) groups excluding carboxylic acids is 10. The molecule has 5 atom stereocenters. The lowest BCUT2D eigenvalue weighted by Crippen LogP contribution is -2.47. The maximum atomic E-state index is 13.3. The topological polar surface area (TPSA) is 435 Å². The first-order chi connectivity index (χ1) is 48.1. The number of primary amides is 1. The van der Waals surface area contributed by atoms with Crippen molar-refractivity contribution in [2.75, 3.05) is 58.9 Å². The van der Waals surface area contributed by atoms with Crippen molar-refractivity contribution in [3.8, 4) is 0 Å². The third-order valence-corrected chi connectivity index (χ3v) is 18.0. The number of amides is 10. The summed E-state index contributed by atoms with van der Waals surface area (Å²) in [6.07, 6.45) is 38.4. The number of hydrogen-bond donors (Lipinski definition) is 15. The Bertz CT molecular complexity index is 2100. The number of nitrogens with one attached hydrogen (secondary N) is 9. The second-order valence-electron chi connectivity index (χ2n) is 27.2. The van der Waals surface area contributed by atoms with Crippen molar-refractivity contribution in [2.24, 2.45) is 34.4 Å². The lowest BCUT2D eigenvalue weighted by molar-refractivity contribution is -0.129. The van der Waals surface area contributed by atoms with Gasteiger partial charge in [-0.2, -0.15) is 0 Å². The molecule has 0 unspecified atom stereocenters. The van der Waals surface area contributed by atoms with Crippen LogP contribution < -0.4 is 82.3 Å². The maximum Gasteiger partial charge on any atom is 0.242 e. The second kappa shape index (κ2) is 68.3. The molecule has 0 bridgehead atoms. The fraction of sp³-hybridized carbons (Fsp3) is 0.865. The van der Waals surface area contributed by atoms with Gasteiger partial charge in [-0.1, -0.05) is 135 Å². The summed E-state index contributed by atoms with van der Waals surface area (Å²) in [4.78, 5) is 129. The highest BCUT2D eigenvalue weighted by molar-refractivity contribution is 5.90. The van der Waals surface area contributed by atoms with Gasteiger partial charge in [0.25, 0.3) is 0 Å². The number of carbonyl (C=O) groups is 10. The molecule has 25 nitrogen and oxygen atoms in total. The van der Waals surface area contributed by atoms with Crippen LogP contribution in [-0.2, 0) is 47.9 Å². The zero-order valence-electron chi connectivity index (χ0n) is 61.9. The maximum absolute atomic E-state index is 13.3. The average molecular weight is 1410 g/mol. The van der Waals surface area contributed by atoms with E-state index in [0.717, 1.165) is 173 Å². The van der Waals surface area contributed by atoms with E-state index in [-0.39, 0.29) is 53.2 Å². The summed E-state index contributed by atoms with van der Waals surface area (Å²) >= 11 is 0. The fourth-order valence-corrected chi connectivity index (χ4v) is 11.9. The molecule has 25 heteroatoms. The van der Waals surface area contributed by atoms with Crippen LogP contribution in [0.15, 0.2) is 0 Å². The van der Waals surface area contributed by atoms with E-state index < -0.39 is 36.1 Å². The Hall–Kier alpha value is -5.50. The normalized spacial score (nSPS) is 12.7. The van der Waals surface area contributed by atoms with Gasteiger partial charge in [-0.05, 0) is 187 Å². The van der Waals surface area contributed by atoms with Gasteiger partial charge in [0.05, 0.1) is 0 Å². The number of hydrogen-bond acceptors (Lipinski definition) is 15. The van der Waals surface area contributed by atoms with Crippen LogP contribution in [0.25, 0.3) is 0 Å². The quantitative estimate of drug-likeness (QED) is 0.0266. The van der Waals surface area contributed by atoms with Gasteiger partial charge in [-0.25, -0.2) is 0 Å². The molecule has 0 aliphatic rings. The van der Waals surface area contributed by atoms with Crippen molar-refractivity contribution < 1.29 is 47.9 Å². The van der Waals surface area contributed by atoms with E-state index in [2.05, 4.69) is 54.8 Å². The summed E-state index contributed by atoms with van der Waals surface area (Å²) in [5, 5.41) is 26.5. The van der Waals surface area contributed by atoms with Crippen LogP contribution in [0.1, 0.15) is 322 Å². The van der Waals surface area contributed by atoms with Crippen LogP contribution in [0.2, 0.25) is 0 Å². The Balaban J connectivity index is 4.56. The Morgan fingerprint density at radius 1 is 0.232 bits per heavy atom. The van der Waals surface area contributed by atoms with Gasteiger partial charge in [-0.15, -0.1) is 0 Å². The van der Waals surface area contributed by atoms with Gasteiger partial charge < -0.3 is 82.3 Å². The van der Waals surface area contributed by atoms with Gasteiger partial charge in [0, 0.05) is 58.3 Å². The van der Waals surface area contributed by atoms with Crippen LogP contribution in [0.5, 0.6) is 0 Å². The molecule has 10 amide bonds. The third-order valence-electron chi connectivity index (χ3n) is 18.0. The summed E-state index contributed by atoms with van der Waals surface area (Å²) in [5.74, 6) is -2.06. The standard InChI is InChI=1S/C74H145N15O10/c1-2-3-4-5-6-7-8-13-22-47-66(91)86-61(42-28-33-52-76)71(96)82-57-38-19-10-15-24-49-68(93)88-63(44-30-35-54-78)73(98)84-59-40-21-12-17-26-50-69(94)89-64(45-31-36-55-79)74(99)83-58-39-20-11-16-25-48-67(92)87-62(43-29-34-53-77)72(97)81-56-37-18-9-14-23-46-65(90)85-60(70(80)95)41-27-32-51-75/h60-64H,2-59,75-79H2,1H3,(H2,80,95)(H,81,97)(H,82,96)(H,83,99)(H,84,98)(H,85,90)(H,86,91)(H,87,92)(H,88,93)(H,89,94)/t60-,61-,62-,63-,64-/m0/s1. The zero-order chi connectivity index (χ0) is 73.0. The molecule has 0 spiro atoms. The summed E-state index contributed by atoms with van der Waals surface area (Å²) in [6, 6.07) is -3.15. The van der Waals surface area contributed by atoms with Crippen molar-refractivity contribution in [1.82, 2.24) is 47.9 Å². The van der Waals surface area contributed by atoms with E-state index in [9.17, 15) is 47.9 Å². The molecule has 0 saturated carbocycles. The first kappa shape index (κ1) is 93.5. The Morgan fingerprint density at radius 2 is 0.414 bits per heavy atom. The fourth-order valence-electron chi connectivity index (χ4n) is 11.9. The van der Waals surface area contributed by atoms with Gasteiger partial charge in [0.15, 0.2) is 0 Å². The smallest absolute Gasteiger partial charge is 0.242 e. The van der Waals surface area contributed by atoms with Crippen LogP contribution in [0, 0.1) is 0 Å². The monoisotopic (exact) mass is 1400 g/mol. The first-order valence-corrected chi connectivity index (χ1v) is 39.4. The molecule has 21 N–H and O–H groups in total. The van der Waals surface area contributed by atoms with E-state index >= 15 is 0 Å². The SMILES string of the molecule is CCCCCCCCCCCC(=O)N[C@@H](CCCCN)C(=O)NCCCCCCCC(=O)N[C@@H](CCCCN)C(=O)NCCCCCCCC(=O)N[C@@H](CCCCN)C(=O)NCCCCCCCC(=O)N[C@@H](CCCCN)C(=O)NCCCCCCCC(=O)N[C@@H](CCCCN)C(N)=O. The van der Waals surface area contributed by atoms with Crippen LogP contribution in [0.3, 0.4) is 0 Å². The second-order valence-corrected chi connectivity index (χ2v) is 27.2. The predicted octanol–water partition coefficient (Wildman–Crippen LogP) is 7.29. The molecule has 0 fully saturated rings. The first-order valence-electron chi connectivity index (χ1n) is 39.4. The number of unbranched alkanes of at least 4 members (excludes halogenated alkanes) is 29. The number of nitrogens with two attached hydrogens (primary N) is 6. The largest absolute Gasteiger partial charge is 0.368 e. The third kappa shape index (κ3) is 57.8. The predicted molar refractivity (Wildman–Crippen MR) is 398 cm³/mol. The van der Waals surface area contributed by atoms with Crippen molar-refractivity contribution >= 4 is 59.1 Å². The summed E-state index contributed by atoms with van der Waals surface area (Å²) in [6.45, 7) is 6.74. The molecule has 0 heterocycles. The zero-order valence-corrected chi connectivity index (χ0v) is 61.9. The van der Waals surface area contributed by atoms with Crippen molar-refractivity contribution in [1.29, 1.82) is 0 Å². The lowest BCUT2D eigenvalue weighted by Gasteiger charge is -2.19. The minimum Gasteiger partial charge on any atom is -0.368 e. The van der Waals surface area contributed by atoms with Crippen molar-refractivity contribution in [3.63, 3.8) is 0 Å². The summed E-state index contributed by atoms with van der Waals surface area (Å²) < 4.78 is 0. The van der Waals surface area contributed by atoms with Crippen LogP contribution in [-0.4, -0.2) is 148 Å². The molecule has 576 valence electrons. The molecule has 0 aromatic carbocycles. The molecule has 99 heavy (non-hydrogen) atoms. The molecule has 0 rings (SSSR count). The molecular weight excluding hydrogens is 1260 g/mol. The molecule has 0 aromatic rings. The van der Waals surface area contributed by atoms with E-state index in [1.165, 1.54) is 38.5 Å². The summed E-state index contributed by atoms with van der Waals surface area (Å²) in [7, 11) is 0. The highest BCUT2D eigenvalue weighted by Gasteiger charge is 2.24. The van der Waals surface area contributed by atoms with Gasteiger partial charge in [-0.3, -0.25) is 47.9 Å². The minimum atomic E-state index is -0.677. The van der Waals surface area contributed by atoms with E-state index in [1.54, 1.807) is 0 Å². The average Bonchev–Trinajstić information content (AvgIpc) is 2.53. The van der Waals surface area contributed by atoms with Crippen molar-refractivity contribution in [3.05, 3.63) is 0 Å². The minimum absolute atomic E-state index is 0.0706. The highest BCUT2D eigenvalue weighted by Crippen LogP contribution is 2.15. The molecule has 0 saturated heterocycles. The van der Waals surface area contributed by atoms with E-state index in [0.29, 0.717) is 162 Å². The van der Waals surface area contributed by atoms with E-state index in [4.69, 9.17) is 34.4 Å². The Kier molecular flexibility index (Phi) is 64.5.